The highest BCUT2D eigenvalue weighted by Gasteiger charge is 2.20. The van der Waals surface area contributed by atoms with E-state index in [1.54, 1.807) is 23.1 Å². The summed E-state index contributed by atoms with van der Waals surface area (Å²) >= 11 is 3.33. The SMILES string of the molecule is CC(C)(C)c1ccnn1-c1nccc(Br)n1. The molecule has 0 amide bonds. The molecule has 4 nitrogen and oxygen atoms in total. The average Bonchev–Trinajstić information content (AvgIpc) is 2.65. The van der Waals surface area contributed by atoms with Gasteiger partial charge < -0.3 is 0 Å². The fraction of sp³-hybridized carbons (Fsp3) is 0.364. The Balaban J connectivity index is 2.53. The van der Waals surface area contributed by atoms with Gasteiger partial charge in [0.25, 0.3) is 5.95 Å². The molecule has 0 unspecified atom stereocenters. The predicted octanol–water partition coefficient (Wildman–Crippen LogP) is 2.72. The van der Waals surface area contributed by atoms with Gasteiger partial charge in [0.2, 0.25) is 0 Å². The minimum atomic E-state index is 0.0160. The van der Waals surface area contributed by atoms with Crippen LogP contribution in [-0.4, -0.2) is 19.7 Å². The molecule has 16 heavy (non-hydrogen) atoms. The summed E-state index contributed by atoms with van der Waals surface area (Å²) in [4.78, 5) is 8.51. The van der Waals surface area contributed by atoms with Crippen LogP contribution in [0.25, 0.3) is 5.95 Å². The molecule has 0 N–H and O–H groups in total. The van der Waals surface area contributed by atoms with Crippen molar-refractivity contribution in [3.8, 4) is 5.95 Å². The van der Waals surface area contributed by atoms with Gasteiger partial charge in [0.1, 0.15) is 4.60 Å². The van der Waals surface area contributed by atoms with E-state index >= 15 is 0 Å². The largest absolute Gasteiger partial charge is 0.251 e. The standard InChI is InChI=1S/C11H13BrN4/c1-11(2,3)8-4-7-14-16(8)10-13-6-5-9(12)15-10/h4-7H,1-3H3. The molecule has 0 aliphatic heterocycles. The zero-order valence-electron chi connectivity index (χ0n) is 9.48. The van der Waals surface area contributed by atoms with E-state index in [1.807, 2.05) is 6.07 Å². The maximum Gasteiger partial charge on any atom is 0.251 e. The summed E-state index contributed by atoms with van der Waals surface area (Å²) in [7, 11) is 0. The van der Waals surface area contributed by atoms with E-state index < -0.39 is 0 Å². The first-order valence-corrected chi connectivity index (χ1v) is 5.81. The van der Waals surface area contributed by atoms with Crippen LogP contribution in [0, 0.1) is 0 Å². The number of halogens is 1. The normalized spacial score (nSPS) is 11.8. The number of aromatic nitrogens is 4. The van der Waals surface area contributed by atoms with Gasteiger partial charge in [-0.05, 0) is 28.1 Å². The molecular weight excluding hydrogens is 268 g/mol. The predicted molar refractivity (Wildman–Crippen MR) is 65.6 cm³/mol. The molecule has 0 spiro atoms. The minimum absolute atomic E-state index is 0.0160. The molecule has 5 heteroatoms. The zero-order chi connectivity index (χ0) is 11.8. The Morgan fingerprint density at radius 2 is 1.94 bits per heavy atom. The van der Waals surface area contributed by atoms with E-state index in [9.17, 15) is 0 Å². The van der Waals surface area contributed by atoms with Gasteiger partial charge in [-0.25, -0.2) is 14.6 Å². The molecule has 0 atom stereocenters. The average molecular weight is 281 g/mol. The van der Waals surface area contributed by atoms with Crippen LogP contribution in [0.15, 0.2) is 29.1 Å². The molecule has 0 saturated carbocycles. The smallest absolute Gasteiger partial charge is 0.220 e. The Hall–Kier alpha value is -1.23. The minimum Gasteiger partial charge on any atom is -0.220 e. The van der Waals surface area contributed by atoms with Crippen LogP contribution in [0.2, 0.25) is 0 Å². The van der Waals surface area contributed by atoms with Crippen molar-refractivity contribution in [1.29, 1.82) is 0 Å². The van der Waals surface area contributed by atoms with Gasteiger partial charge in [-0.3, -0.25) is 0 Å². The summed E-state index contributed by atoms with van der Waals surface area (Å²) in [5.74, 6) is 0.587. The third kappa shape index (κ3) is 2.14. The van der Waals surface area contributed by atoms with Crippen molar-refractivity contribution in [2.45, 2.75) is 26.2 Å². The maximum absolute atomic E-state index is 4.30. The summed E-state index contributed by atoms with van der Waals surface area (Å²) in [5.41, 5.74) is 1.10. The topological polar surface area (TPSA) is 43.6 Å². The monoisotopic (exact) mass is 280 g/mol. The summed E-state index contributed by atoms with van der Waals surface area (Å²) in [6.07, 6.45) is 3.48. The molecular formula is C11H13BrN4. The highest BCUT2D eigenvalue weighted by atomic mass is 79.9. The molecule has 0 aliphatic rings. The molecule has 0 aliphatic carbocycles. The molecule has 2 aromatic rings. The van der Waals surface area contributed by atoms with E-state index in [-0.39, 0.29) is 5.41 Å². The lowest BCUT2D eigenvalue weighted by Gasteiger charge is -2.19. The Kier molecular flexibility index (Phi) is 2.80. The van der Waals surface area contributed by atoms with Crippen LogP contribution in [0.3, 0.4) is 0 Å². The van der Waals surface area contributed by atoms with Gasteiger partial charge in [0.05, 0.1) is 5.69 Å². The lowest BCUT2D eigenvalue weighted by atomic mass is 9.92. The van der Waals surface area contributed by atoms with Gasteiger partial charge in [-0.2, -0.15) is 5.10 Å². The van der Waals surface area contributed by atoms with Crippen molar-refractivity contribution in [3.63, 3.8) is 0 Å². The second-order valence-corrected chi connectivity index (χ2v) is 5.37. The van der Waals surface area contributed by atoms with E-state index in [1.165, 1.54) is 0 Å². The lowest BCUT2D eigenvalue weighted by Crippen LogP contribution is -2.18. The highest BCUT2D eigenvalue weighted by molar-refractivity contribution is 9.10. The Morgan fingerprint density at radius 1 is 1.19 bits per heavy atom. The fourth-order valence-electron chi connectivity index (χ4n) is 1.46. The third-order valence-corrected chi connectivity index (χ3v) is 2.65. The Bertz CT molecular complexity index is 499. The van der Waals surface area contributed by atoms with Crippen LogP contribution >= 0.6 is 15.9 Å². The van der Waals surface area contributed by atoms with E-state index in [4.69, 9.17) is 0 Å². The van der Waals surface area contributed by atoms with Crippen molar-refractivity contribution in [2.75, 3.05) is 0 Å². The summed E-state index contributed by atoms with van der Waals surface area (Å²) in [6.45, 7) is 6.41. The van der Waals surface area contributed by atoms with E-state index in [0.717, 1.165) is 10.3 Å². The molecule has 0 bridgehead atoms. The number of hydrogen-bond donors (Lipinski definition) is 0. The molecule has 0 fully saturated rings. The highest BCUT2D eigenvalue weighted by Crippen LogP contribution is 2.23. The van der Waals surface area contributed by atoms with Crippen molar-refractivity contribution in [1.82, 2.24) is 19.7 Å². The van der Waals surface area contributed by atoms with Crippen LogP contribution in [0.5, 0.6) is 0 Å². The van der Waals surface area contributed by atoms with Crippen LogP contribution in [0.1, 0.15) is 26.5 Å². The van der Waals surface area contributed by atoms with Crippen molar-refractivity contribution >= 4 is 15.9 Å². The third-order valence-electron chi connectivity index (χ3n) is 2.21. The molecule has 2 rings (SSSR count). The first kappa shape index (κ1) is 11.3. The molecule has 2 heterocycles. The lowest BCUT2D eigenvalue weighted by molar-refractivity contribution is 0.537. The van der Waals surface area contributed by atoms with E-state index in [0.29, 0.717) is 5.95 Å². The van der Waals surface area contributed by atoms with Gasteiger partial charge in [-0.1, -0.05) is 20.8 Å². The molecule has 2 aromatic heterocycles. The number of nitrogens with zero attached hydrogens (tertiary/aromatic N) is 4. The molecule has 84 valence electrons. The first-order chi connectivity index (χ1) is 7.48. The van der Waals surface area contributed by atoms with Crippen LogP contribution in [0.4, 0.5) is 0 Å². The molecule has 0 saturated heterocycles. The summed E-state index contributed by atoms with van der Waals surface area (Å²) in [6, 6.07) is 3.79. The molecule has 0 radical (unpaired) electrons. The first-order valence-electron chi connectivity index (χ1n) is 5.02. The number of rotatable bonds is 1. The van der Waals surface area contributed by atoms with E-state index in [2.05, 4.69) is 51.8 Å². The Morgan fingerprint density at radius 3 is 2.56 bits per heavy atom. The zero-order valence-corrected chi connectivity index (χ0v) is 11.1. The second kappa shape index (κ2) is 3.97. The van der Waals surface area contributed by atoms with Gasteiger partial charge >= 0.3 is 0 Å². The van der Waals surface area contributed by atoms with Gasteiger partial charge in [0, 0.05) is 17.8 Å². The van der Waals surface area contributed by atoms with Crippen molar-refractivity contribution in [2.24, 2.45) is 0 Å². The second-order valence-electron chi connectivity index (χ2n) is 4.56. The van der Waals surface area contributed by atoms with Crippen LogP contribution < -0.4 is 0 Å². The fourth-order valence-corrected chi connectivity index (χ4v) is 1.74. The maximum atomic E-state index is 4.30. The van der Waals surface area contributed by atoms with Gasteiger partial charge in [0.15, 0.2) is 0 Å². The number of hydrogen-bond acceptors (Lipinski definition) is 3. The summed E-state index contributed by atoms with van der Waals surface area (Å²) in [5, 5.41) is 4.26. The Labute approximate surface area is 103 Å². The quantitative estimate of drug-likeness (QED) is 0.755. The molecule has 0 aromatic carbocycles. The van der Waals surface area contributed by atoms with Crippen molar-refractivity contribution in [3.05, 3.63) is 34.8 Å². The van der Waals surface area contributed by atoms with Crippen molar-refractivity contribution < 1.29 is 0 Å². The van der Waals surface area contributed by atoms with Crippen LogP contribution in [-0.2, 0) is 5.41 Å². The summed E-state index contributed by atoms with van der Waals surface area (Å²) < 4.78 is 2.53. The van der Waals surface area contributed by atoms with Gasteiger partial charge in [-0.15, -0.1) is 0 Å².